The molecule has 8 nitrogen and oxygen atoms in total. The maximum Gasteiger partial charge on any atom is 0.316 e. The molecule has 174 valence electrons. The zero-order chi connectivity index (χ0) is 23.3. The van der Waals surface area contributed by atoms with E-state index < -0.39 is 15.9 Å². The highest BCUT2D eigenvalue weighted by Gasteiger charge is 2.25. The molecule has 1 aromatic heterocycles. The molecule has 3 aromatic rings. The van der Waals surface area contributed by atoms with Crippen LogP contribution in [0.3, 0.4) is 0 Å². The fraction of sp³-hybridized carbons (Fsp3) is 0.375. The van der Waals surface area contributed by atoms with E-state index in [-0.39, 0.29) is 22.5 Å². The van der Waals surface area contributed by atoms with Crippen LogP contribution in [0.2, 0.25) is 0 Å². The number of hydrogen-bond acceptors (Lipinski definition) is 6. The molecule has 1 saturated heterocycles. The number of aromatic nitrogens is 2. The van der Waals surface area contributed by atoms with Crippen molar-refractivity contribution in [3.63, 3.8) is 0 Å². The minimum Gasteiger partial charge on any atom is -0.347 e. The van der Waals surface area contributed by atoms with Gasteiger partial charge >= 0.3 is 11.8 Å². The van der Waals surface area contributed by atoms with E-state index in [2.05, 4.69) is 15.5 Å². The summed E-state index contributed by atoms with van der Waals surface area (Å²) in [6.45, 7) is 3.56. The highest BCUT2D eigenvalue weighted by atomic mass is 32.2. The second-order valence-corrected chi connectivity index (χ2v) is 10.2. The minimum absolute atomic E-state index is 0.133. The Morgan fingerprint density at radius 3 is 2.36 bits per heavy atom. The fourth-order valence-corrected chi connectivity index (χ4v) is 5.38. The normalized spacial score (nSPS) is 16.2. The van der Waals surface area contributed by atoms with Gasteiger partial charge in [-0.05, 0) is 48.6 Å². The van der Waals surface area contributed by atoms with E-state index in [0.29, 0.717) is 25.2 Å². The van der Waals surface area contributed by atoms with E-state index in [1.54, 1.807) is 28.6 Å². The summed E-state index contributed by atoms with van der Waals surface area (Å²) in [6, 6.07) is 16.3. The van der Waals surface area contributed by atoms with Crippen molar-refractivity contribution >= 4 is 15.9 Å². The van der Waals surface area contributed by atoms with Gasteiger partial charge in [0.25, 0.3) is 0 Å². The molecule has 1 atom stereocenters. The maximum atomic E-state index is 12.9. The third-order valence-electron chi connectivity index (χ3n) is 5.87. The summed E-state index contributed by atoms with van der Waals surface area (Å²) in [5.74, 6) is -0.213. The Morgan fingerprint density at radius 2 is 1.70 bits per heavy atom. The maximum absolute atomic E-state index is 12.9. The van der Waals surface area contributed by atoms with Crippen LogP contribution in [0.1, 0.15) is 54.8 Å². The number of carbonyl (C=O) groups excluding carboxylic acids is 1. The molecule has 1 fully saturated rings. The summed E-state index contributed by atoms with van der Waals surface area (Å²) in [5, 5.41) is 6.69. The molecule has 0 saturated carbocycles. The molecule has 9 heteroatoms. The Labute approximate surface area is 194 Å². The molecule has 2 heterocycles. The van der Waals surface area contributed by atoms with Gasteiger partial charge in [-0.2, -0.15) is 9.29 Å². The molecular formula is C24H28N4O4S. The second kappa shape index (κ2) is 10.3. The summed E-state index contributed by atoms with van der Waals surface area (Å²) in [4.78, 5) is 16.8. The van der Waals surface area contributed by atoms with E-state index in [1.165, 1.54) is 0 Å². The third-order valence-corrected chi connectivity index (χ3v) is 7.79. The van der Waals surface area contributed by atoms with Crippen LogP contribution in [0.5, 0.6) is 0 Å². The predicted octanol–water partition coefficient (Wildman–Crippen LogP) is 3.83. The number of amides is 1. The van der Waals surface area contributed by atoms with Crippen LogP contribution < -0.4 is 5.32 Å². The topological polar surface area (TPSA) is 105 Å². The predicted molar refractivity (Wildman–Crippen MR) is 124 cm³/mol. The monoisotopic (exact) mass is 468 g/mol. The number of nitrogens with zero attached hydrogens (tertiary/aromatic N) is 3. The van der Waals surface area contributed by atoms with Gasteiger partial charge in [0, 0.05) is 25.2 Å². The van der Waals surface area contributed by atoms with Gasteiger partial charge in [0.15, 0.2) is 0 Å². The van der Waals surface area contributed by atoms with Crippen LogP contribution in [0.25, 0.3) is 11.4 Å². The lowest BCUT2D eigenvalue weighted by Crippen LogP contribution is -2.31. The zero-order valence-electron chi connectivity index (χ0n) is 18.6. The molecule has 0 unspecified atom stereocenters. The quantitative estimate of drug-likeness (QED) is 0.565. The van der Waals surface area contributed by atoms with Gasteiger partial charge in [-0.25, -0.2) is 8.42 Å². The van der Waals surface area contributed by atoms with Crippen LogP contribution in [-0.2, 0) is 10.0 Å². The van der Waals surface area contributed by atoms with E-state index in [9.17, 15) is 13.2 Å². The number of rotatable bonds is 7. The molecule has 0 radical (unpaired) electrons. The molecule has 2 aromatic carbocycles. The Balaban J connectivity index is 1.40. The largest absolute Gasteiger partial charge is 0.347 e. The van der Waals surface area contributed by atoms with Gasteiger partial charge in [0.05, 0.1) is 4.90 Å². The molecule has 1 aliphatic rings. The first kappa shape index (κ1) is 23.1. The number of carbonyl (C=O) groups is 1. The van der Waals surface area contributed by atoms with Crippen molar-refractivity contribution in [3.05, 3.63) is 66.1 Å². The van der Waals surface area contributed by atoms with E-state index in [0.717, 1.165) is 31.2 Å². The van der Waals surface area contributed by atoms with Gasteiger partial charge in [0.2, 0.25) is 15.8 Å². The van der Waals surface area contributed by atoms with Crippen LogP contribution in [0.15, 0.2) is 64.0 Å². The Kier molecular flexibility index (Phi) is 7.20. The fourth-order valence-electron chi connectivity index (χ4n) is 3.86. The average Bonchev–Trinajstić information content (AvgIpc) is 3.17. The molecule has 1 amide bonds. The molecule has 4 rings (SSSR count). The van der Waals surface area contributed by atoms with Crippen molar-refractivity contribution in [1.82, 2.24) is 19.8 Å². The first-order chi connectivity index (χ1) is 15.9. The minimum atomic E-state index is -3.53. The van der Waals surface area contributed by atoms with E-state index >= 15 is 0 Å². The van der Waals surface area contributed by atoms with Crippen molar-refractivity contribution in [2.24, 2.45) is 0 Å². The lowest BCUT2D eigenvalue weighted by Gasteiger charge is -2.19. The lowest BCUT2D eigenvalue weighted by atomic mass is 10.0. The van der Waals surface area contributed by atoms with Crippen LogP contribution in [-0.4, -0.2) is 48.4 Å². The standard InChI is InChI=1S/C24H28N4O4S/c1-18(19-9-5-4-6-10-19)17-25-23(29)24-26-22(27-32-24)20-11-13-21(14-12-20)33(30,31)28-15-7-2-3-8-16-28/h4-6,9-14,18H,2-3,7-8,15-17H2,1H3,(H,25,29)/t18-/m0/s1. The summed E-state index contributed by atoms with van der Waals surface area (Å²) in [5.41, 5.74) is 1.70. The van der Waals surface area contributed by atoms with Gasteiger partial charge < -0.3 is 9.84 Å². The first-order valence-electron chi connectivity index (χ1n) is 11.2. The molecular weight excluding hydrogens is 440 g/mol. The second-order valence-electron chi connectivity index (χ2n) is 8.29. The Bertz CT molecular complexity index is 1170. The molecule has 1 aliphatic heterocycles. The van der Waals surface area contributed by atoms with Crippen molar-refractivity contribution in [2.75, 3.05) is 19.6 Å². The highest BCUT2D eigenvalue weighted by molar-refractivity contribution is 7.89. The molecule has 33 heavy (non-hydrogen) atoms. The third kappa shape index (κ3) is 5.48. The molecule has 0 spiro atoms. The van der Waals surface area contributed by atoms with Gasteiger partial charge in [-0.15, -0.1) is 0 Å². The number of benzene rings is 2. The summed E-state index contributed by atoms with van der Waals surface area (Å²) >= 11 is 0. The smallest absolute Gasteiger partial charge is 0.316 e. The van der Waals surface area contributed by atoms with Crippen LogP contribution in [0.4, 0.5) is 0 Å². The number of nitrogens with one attached hydrogen (secondary N) is 1. The molecule has 0 bridgehead atoms. The van der Waals surface area contributed by atoms with Crippen molar-refractivity contribution < 1.29 is 17.7 Å². The van der Waals surface area contributed by atoms with Crippen LogP contribution >= 0.6 is 0 Å². The Hall–Kier alpha value is -3.04. The van der Waals surface area contributed by atoms with Crippen molar-refractivity contribution in [3.8, 4) is 11.4 Å². The number of hydrogen-bond donors (Lipinski definition) is 1. The van der Waals surface area contributed by atoms with Gasteiger partial charge in [-0.3, -0.25) is 4.79 Å². The average molecular weight is 469 g/mol. The summed E-state index contributed by atoms with van der Waals surface area (Å²) in [7, 11) is -3.53. The van der Waals surface area contributed by atoms with Gasteiger partial charge in [0.1, 0.15) is 0 Å². The number of sulfonamides is 1. The van der Waals surface area contributed by atoms with Crippen molar-refractivity contribution in [2.45, 2.75) is 43.4 Å². The van der Waals surface area contributed by atoms with Crippen LogP contribution in [0, 0.1) is 0 Å². The van der Waals surface area contributed by atoms with Gasteiger partial charge in [-0.1, -0.05) is 55.3 Å². The SMILES string of the molecule is C[C@@H](CNC(=O)c1nc(-c2ccc(S(=O)(=O)N3CCCCCC3)cc2)no1)c1ccccc1. The Morgan fingerprint density at radius 1 is 1.03 bits per heavy atom. The molecule has 1 N–H and O–H groups in total. The summed E-state index contributed by atoms with van der Waals surface area (Å²) in [6.07, 6.45) is 3.89. The zero-order valence-corrected chi connectivity index (χ0v) is 19.4. The van der Waals surface area contributed by atoms with Crippen molar-refractivity contribution in [1.29, 1.82) is 0 Å². The van der Waals surface area contributed by atoms with E-state index in [1.807, 2.05) is 37.3 Å². The molecule has 0 aliphatic carbocycles. The summed E-state index contributed by atoms with van der Waals surface area (Å²) < 4.78 is 32.6. The lowest BCUT2D eigenvalue weighted by molar-refractivity contribution is 0.0908. The van der Waals surface area contributed by atoms with E-state index in [4.69, 9.17) is 4.52 Å². The highest BCUT2D eigenvalue weighted by Crippen LogP contribution is 2.23. The first-order valence-corrected chi connectivity index (χ1v) is 12.7.